The second-order valence-electron chi connectivity index (χ2n) is 6.32. The van der Waals surface area contributed by atoms with Gasteiger partial charge in [0.2, 0.25) is 10.0 Å². The molecule has 122 valence electrons. The van der Waals surface area contributed by atoms with E-state index < -0.39 is 39.0 Å². The topological polar surface area (TPSA) is 98.8 Å². The molecule has 0 aromatic rings. The molecule has 1 aliphatic rings. The molecule has 7 nitrogen and oxygen atoms in total. The van der Waals surface area contributed by atoms with Crippen molar-refractivity contribution >= 4 is 22.0 Å². The third-order valence-electron chi connectivity index (χ3n) is 3.28. The fourth-order valence-corrected chi connectivity index (χ4v) is 3.56. The maximum atomic E-state index is 12.5. The highest BCUT2D eigenvalue weighted by atomic mass is 32.2. The minimum Gasteiger partial charge on any atom is -0.469 e. The third kappa shape index (κ3) is 4.41. The van der Waals surface area contributed by atoms with E-state index in [4.69, 9.17) is 9.47 Å². The highest BCUT2D eigenvalue weighted by Crippen LogP contribution is 2.39. The van der Waals surface area contributed by atoms with Crippen LogP contribution in [0.25, 0.3) is 0 Å². The van der Waals surface area contributed by atoms with Crippen molar-refractivity contribution < 1.29 is 27.5 Å². The summed E-state index contributed by atoms with van der Waals surface area (Å²) in [5.41, 5.74) is -2.37. The van der Waals surface area contributed by atoms with E-state index >= 15 is 0 Å². The van der Waals surface area contributed by atoms with Crippen LogP contribution in [-0.4, -0.2) is 44.9 Å². The van der Waals surface area contributed by atoms with E-state index in [-0.39, 0.29) is 6.42 Å². The van der Waals surface area contributed by atoms with Gasteiger partial charge in [0, 0.05) is 0 Å². The van der Waals surface area contributed by atoms with Crippen LogP contribution in [0.15, 0.2) is 0 Å². The standard InChI is InChI=1S/C13H23NO6S/c1-12(2,3)20-11(16)13(14-21(5,17)18)8-6-7-9(13)10(15)19-4/h9,14H,6-8H2,1-5H3. The van der Waals surface area contributed by atoms with Crippen molar-refractivity contribution in [1.82, 2.24) is 4.72 Å². The van der Waals surface area contributed by atoms with Crippen LogP contribution in [0, 0.1) is 5.92 Å². The predicted octanol–water partition coefficient (Wildman–Crippen LogP) is 0.589. The molecule has 0 aromatic heterocycles. The minimum atomic E-state index is -3.70. The molecule has 1 fully saturated rings. The van der Waals surface area contributed by atoms with E-state index in [0.717, 1.165) is 6.26 Å². The average molecular weight is 321 g/mol. The Morgan fingerprint density at radius 1 is 1.29 bits per heavy atom. The summed E-state index contributed by atoms with van der Waals surface area (Å²) < 4.78 is 35.6. The molecule has 0 bridgehead atoms. The van der Waals surface area contributed by atoms with Crippen LogP contribution in [0.3, 0.4) is 0 Å². The number of carbonyl (C=O) groups is 2. The third-order valence-corrected chi connectivity index (χ3v) is 4.01. The molecule has 1 saturated carbocycles. The van der Waals surface area contributed by atoms with E-state index in [1.165, 1.54) is 7.11 Å². The van der Waals surface area contributed by atoms with Crippen LogP contribution < -0.4 is 4.72 Å². The van der Waals surface area contributed by atoms with E-state index in [9.17, 15) is 18.0 Å². The molecule has 2 atom stereocenters. The Morgan fingerprint density at radius 3 is 2.29 bits per heavy atom. The first-order valence-corrected chi connectivity index (χ1v) is 8.61. The number of sulfonamides is 1. The molecular weight excluding hydrogens is 298 g/mol. The summed E-state index contributed by atoms with van der Waals surface area (Å²) in [6.07, 6.45) is 2.05. The fourth-order valence-electron chi connectivity index (χ4n) is 2.58. The number of nitrogens with one attached hydrogen (secondary N) is 1. The Kier molecular flexibility index (Phi) is 5.05. The van der Waals surface area contributed by atoms with Crippen LogP contribution in [0.1, 0.15) is 40.0 Å². The maximum Gasteiger partial charge on any atom is 0.328 e. The molecule has 0 amide bonds. The van der Waals surface area contributed by atoms with Gasteiger partial charge in [-0.15, -0.1) is 0 Å². The number of ether oxygens (including phenoxy) is 2. The van der Waals surface area contributed by atoms with Gasteiger partial charge in [-0.25, -0.2) is 13.2 Å². The first-order valence-electron chi connectivity index (χ1n) is 6.71. The normalized spacial score (nSPS) is 26.4. The van der Waals surface area contributed by atoms with Gasteiger partial charge in [0.15, 0.2) is 0 Å². The summed E-state index contributed by atoms with van der Waals surface area (Å²) in [6, 6.07) is 0. The van der Waals surface area contributed by atoms with Crippen LogP contribution in [0.4, 0.5) is 0 Å². The molecule has 8 heteroatoms. The summed E-state index contributed by atoms with van der Waals surface area (Å²) >= 11 is 0. The Bertz CT molecular complexity index is 521. The molecule has 1 aliphatic carbocycles. The van der Waals surface area contributed by atoms with Gasteiger partial charge in [0.25, 0.3) is 0 Å². The van der Waals surface area contributed by atoms with Crippen molar-refractivity contribution in [3.63, 3.8) is 0 Å². The number of esters is 2. The summed E-state index contributed by atoms with van der Waals surface area (Å²) in [6.45, 7) is 5.05. The van der Waals surface area contributed by atoms with E-state index in [1.54, 1.807) is 20.8 Å². The van der Waals surface area contributed by atoms with Crippen molar-refractivity contribution in [3.05, 3.63) is 0 Å². The van der Waals surface area contributed by atoms with Crippen LogP contribution >= 0.6 is 0 Å². The monoisotopic (exact) mass is 321 g/mol. The molecule has 0 heterocycles. The molecular formula is C13H23NO6S. The van der Waals surface area contributed by atoms with Crippen molar-refractivity contribution in [2.45, 2.75) is 51.2 Å². The number of methoxy groups -OCH3 is 1. The van der Waals surface area contributed by atoms with Gasteiger partial charge < -0.3 is 9.47 Å². The summed E-state index contributed by atoms with van der Waals surface area (Å²) in [4.78, 5) is 24.5. The van der Waals surface area contributed by atoms with Gasteiger partial charge in [0.1, 0.15) is 11.1 Å². The molecule has 1 rings (SSSR count). The minimum absolute atomic E-state index is 0.203. The molecule has 0 spiro atoms. The molecule has 0 aliphatic heterocycles. The van der Waals surface area contributed by atoms with Gasteiger partial charge in [-0.05, 0) is 40.0 Å². The van der Waals surface area contributed by atoms with Crippen molar-refractivity contribution in [1.29, 1.82) is 0 Å². The zero-order valence-electron chi connectivity index (χ0n) is 13.1. The lowest BCUT2D eigenvalue weighted by molar-refractivity contribution is -0.169. The second kappa shape index (κ2) is 5.92. The molecule has 21 heavy (non-hydrogen) atoms. The Balaban J connectivity index is 3.23. The van der Waals surface area contributed by atoms with Gasteiger partial charge in [0.05, 0.1) is 19.3 Å². The quantitative estimate of drug-likeness (QED) is 0.761. The lowest BCUT2D eigenvalue weighted by atomic mass is 9.88. The number of rotatable bonds is 4. The van der Waals surface area contributed by atoms with Gasteiger partial charge in [-0.3, -0.25) is 4.79 Å². The molecule has 1 N–H and O–H groups in total. The average Bonchev–Trinajstić information content (AvgIpc) is 2.68. The molecule has 2 unspecified atom stereocenters. The van der Waals surface area contributed by atoms with Crippen molar-refractivity contribution in [2.24, 2.45) is 5.92 Å². The zero-order valence-corrected chi connectivity index (χ0v) is 13.9. The van der Waals surface area contributed by atoms with Gasteiger partial charge in [-0.1, -0.05) is 0 Å². The molecule has 0 saturated heterocycles. The highest BCUT2D eigenvalue weighted by molar-refractivity contribution is 7.88. The maximum absolute atomic E-state index is 12.5. The van der Waals surface area contributed by atoms with Crippen LogP contribution in [0.5, 0.6) is 0 Å². The predicted molar refractivity (Wildman–Crippen MR) is 75.9 cm³/mol. The second-order valence-corrected chi connectivity index (χ2v) is 8.06. The lowest BCUT2D eigenvalue weighted by Gasteiger charge is -2.34. The first kappa shape index (κ1) is 17.9. The Labute approximate surface area is 125 Å². The Hall–Kier alpha value is -1.15. The van der Waals surface area contributed by atoms with Crippen LogP contribution in [0.2, 0.25) is 0 Å². The zero-order chi connectivity index (χ0) is 16.5. The molecule has 0 radical (unpaired) electrons. The van der Waals surface area contributed by atoms with E-state index in [0.29, 0.717) is 12.8 Å². The lowest BCUT2D eigenvalue weighted by Crippen LogP contribution is -2.60. The smallest absolute Gasteiger partial charge is 0.328 e. The highest BCUT2D eigenvalue weighted by Gasteiger charge is 2.56. The number of hydrogen-bond donors (Lipinski definition) is 1. The largest absolute Gasteiger partial charge is 0.469 e. The number of carbonyl (C=O) groups excluding carboxylic acids is 2. The van der Waals surface area contributed by atoms with E-state index in [2.05, 4.69) is 4.72 Å². The van der Waals surface area contributed by atoms with Gasteiger partial charge >= 0.3 is 11.9 Å². The Morgan fingerprint density at radius 2 is 1.86 bits per heavy atom. The summed E-state index contributed by atoms with van der Waals surface area (Å²) in [7, 11) is -2.49. The number of hydrogen-bond acceptors (Lipinski definition) is 6. The summed E-state index contributed by atoms with van der Waals surface area (Å²) in [5.74, 6) is -2.24. The SMILES string of the molecule is COC(=O)C1CCCC1(NS(C)(=O)=O)C(=O)OC(C)(C)C. The van der Waals surface area contributed by atoms with E-state index in [1.807, 2.05) is 0 Å². The van der Waals surface area contributed by atoms with Gasteiger partial charge in [-0.2, -0.15) is 4.72 Å². The fraction of sp³-hybridized carbons (Fsp3) is 0.846. The first-order chi connectivity index (χ1) is 9.41. The summed E-state index contributed by atoms with van der Waals surface area (Å²) in [5, 5.41) is 0. The van der Waals surface area contributed by atoms with Crippen LogP contribution in [-0.2, 0) is 29.1 Å². The van der Waals surface area contributed by atoms with Crippen molar-refractivity contribution in [2.75, 3.05) is 13.4 Å². The molecule has 0 aromatic carbocycles. The van der Waals surface area contributed by atoms with Crippen molar-refractivity contribution in [3.8, 4) is 0 Å².